The molecule has 0 saturated carbocycles. The maximum Gasteiger partial charge on any atom is 0.290 e. The molecule has 1 aliphatic rings. The largest absolute Gasteiger partial charge is 0.459 e. The number of carbonyl (C=O) groups is 4. The van der Waals surface area contributed by atoms with Crippen molar-refractivity contribution in [3.8, 4) is 0 Å². The molecule has 5 N–H and O–H groups in total. The molecule has 0 aromatic carbocycles. The van der Waals surface area contributed by atoms with E-state index in [1.54, 1.807) is 6.07 Å². The molecular weight excluding hydrogens is 380 g/mol. The summed E-state index contributed by atoms with van der Waals surface area (Å²) >= 11 is 0. The molecule has 1 aliphatic heterocycles. The first-order valence-corrected chi connectivity index (χ1v) is 9.57. The maximum atomic E-state index is 13.0. The van der Waals surface area contributed by atoms with Crippen molar-refractivity contribution in [1.82, 2.24) is 15.5 Å². The van der Waals surface area contributed by atoms with E-state index >= 15 is 0 Å². The van der Waals surface area contributed by atoms with Crippen LogP contribution in [0.25, 0.3) is 0 Å². The number of furan rings is 1. The van der Waals surface area contributed by atoms with Crippen LogP contribution in [0.1, 0.15) is 43.7 Å². The van der Waals surface area contributed by atoms with Gasteiger partial charge in [-0.25, -0.2) is 0 Å². The predicted molar refractivity (Wildman–Crippen MR) is 102 cm³/mol. The Hall–Kier alpha value is -2.88. The van der Waals surface area contributed by atoms with Crippen molar-refractivity contribution < 1.29 is 28.7 Å². The number of nitrogens with zero attached hydrogens (tertiary/aromatic N) is 1. The summed E-state index contributed by atoms with van der Waals surface area (Å²) in [5.74, 6) is -1.99. The molecule has 2 rings (SSSR count). The number of hydrogen-bond acceptors (Lipinski definition) is 6. The third kappa shape index (κ3) is 6.05. The van der Waals surface area contributed by atoms with Crippen molar-refractivity contribution in [3.63, 3.8) is 0 Å². The highest BCUT2D eigenvalue weighted by Gasteiger charge is 2.39. The van der Waals surface area contributed by atoms with Gasteiger partial charge in [-0.05, 0) is 37.3 Å². The van der Waals surface area contributed by atoms with E-state index in [1.165, 1.54) is 17.2 Å². The van der Waals surface area contributed by atoms with E-state index in [0.717, 1.165) is 0 Å². The molecular formula is C19H28N4O6. The van der Waals surface area contributed by atoms with Crippen molar-refractivity contribution in [2.45, 2.75) is 51.2 Å². The van der Waals surface area contributed by atoms with Crippen LogP contribution in [0, 0.1) is 5.92 Å². The molecule has 3 atom stereocenters. The minimum Gasteiger partial charge on any atom is -0.459 e. The van der Waals surface area contributed by atoms with Crippen LogP contribution in [0.15, 0.2) is 22.8 Å². The minimum atomic E-state index is -0.931. The molecule has 1 saturated heterocycles. The number of carbonyl (C=O) groups excluding carboxylic acids is 4. The van der Waals surface area contributed by atoms with Crippen molar-refractivity contribution >= 4 is 23.6 Å². The Morgan fingerprint density at radius 3 is 2.62 bits per heavy atom. The Bertz CT molecular complexity index is 733. The Kier molecular flexibility index (Phi) is 7.77. The number of hydrogen-bond donors (Lipinski definition) is 4. The molecule has 0 radical (unpaired) electrons. The summed E-state index contributed by atoms with van der Waals surface area (Å²) in [4.78, 5) is 50.4. The van der Waals surface area contributed by atoms with E-state index in [0.29, 0.717) is 12.8 Å². The van der Waals surface area contributed by atoms with Gasteiger partial charge in [0, 0.05) is 12.6 Å². The van der Waals surface area contributed by atoms with E-state index in [-0.39, 0.29) is 24.6 Å². The number of piperidine rings is 1. The first-order chi connectivity index (χ1) is 13.7. The molecule has 29 heavy (non-hydrogen) atoms. The van der Waals surface area contributed by atoms with Gasteiger partial charge in [-0.3, -0.25) is 19.2 Å². The standard InChI is InChI=1S/C19H28N4O6/c1-11(2)8-13(17(20)26)22-18(27)14-9-12(21-16(25)10-24)5-6-23(14)19(28)15-4-3-7-29-15/h3-4,7,11-14,24H,5-6,8-10H2,1-2H3,(H2,20,26)(H,21,25)(H,22,27)/t12-,13+,14-/m0/s1. The van der Waals surface area contributed by atoms with E-state index < -0.39 is 48.4 Å². The number of rotatable bonds is 8. The van der Waals surface area contributed by atoms with Crippen LogP contribution in [-0.4, -0.2) is 64.9 Å². The molecule has 10 nitrogen and oxygen atoms in total. The van der Waals surface area contributed by atoms with Crippen LogP contribution in [-0.2, 0) is 14.4 Å². The Labute approximate surface area is 168 Å². The summed E-state index contributed by atoms with van der Waals surface area (Å²) < 4.78 is 5.16. The van der Waals surface area contributed by atoms with Crippen LogP contribution in [0.4, 0.5) is 0 Å². The van der Waals surface area contributed by atoms with Crippen molar-refractivity contribution in [3.05, 3.63) is 24.2 Å². The number of aliphatic hydroxyl groups excluding tert-OH is 1. The van der Waals surface area contributed by atoms with E-state index in [1.807, 2.05) is 13.8 Å². The normalized spacial score (nSPS) is 20.2. The zero-order valence-corrected chi connectivity index (χ0v) is 16.6. The average molecular weight is 408 g/mol. The fraction of sp³-hybridized carbons (Fsp3) is 0.579. The molecule has 1 aromatic heterocycles. The Morgan fingerprint density at radius 1 is 1.34 bits per heavy atom. The van der Waals surface area contributed by atoms with Crippen LogP contribution in [0.5, 0.6) is 0 Å². The molecule has 0 unspecified atom stereocenters. The average Bonchev–Trinajstić information content (AvgIpc) is 3.21. The van der Waals surface area contributed by atoms with Gasteiger partial charge >= 0.3 is 0 Å². The fourth-order valence-electron chi connectivity index (χ4n) is 3.39. The first-order valence-electron chi connectivity index (χ1n) is 9.57. The molecule has 10 heteroatoms. The van der Waals surface area contributed by atoms with E-state index in [2.05, 4.69) is 10.6 Å². The van der Waals surface area contributed by atoms with Gasteiger partial charge in [0.15, 0.2) is 5.76 Å². The highest BCUT2D eigenvalue weighted by molar-refractivity contribution is 5.97. The highest BCUT2D eigenvalue weighted by atomic mass is 16.3. The van der Waals surface area contributed by atoms with Crippen molar-refractivity contribution in [1.29, 1.82) is 0 Å². The molecule has 1 aromatic rings. The number of amides is 4. The quantitative estimate of drug-likeness (QED) is 0.449. The second-order valence-electron chi connectivity index (χ2n) is 7.53. The third-order valence-corrected chi connectivity index (χ3v) is 4.77. The van der Waals surface area contributed by atoms with Crippen molar-refractivity contribution in [2.75, 3.05) is 13.2 Å². The number of nitrogens with two attached hydrogens (primary N) is 1. The van der Waals surface area contributed by atoms with Gasteiger partial charge < -0.3 is 30.8 Å². The lowest BCUT2D eigenvalue weighted by Crippen LogP contribution is -2.59. The molecule has 2 heterocycles. The molecule has 4 amide bonds. The van der Waals surface area contributed by atoms with Gasteiger partial charge in [-0.15, -0.1) is 0 Å². The summed E-state index contributed by atoms with van der Waals surface area (Å²) in [5, 5.41) is 14.2. The van der Waals surface area contributed by atoms with Gasteiger partial charge in [0.2, 0.25) is 17.7 Å². The van der Waals surface area contributed by atoms with E-state index in [4.69, 9.17) is 15.3 Å². The summed E-state index contributed by atoms with van der Waals surface area (Å²) in [7, 11) is 0. The smallest absolute Gasteiger partial charge is 0.290 e. The van der Waals surface area contributed by atoms with Crippen molar-refractivity contribution in [2.24, 2.45) is 11.7 Å². The minimum absolute atomic E-state index is 0.0919. The molecule has 160 valence electrons. The van der Waals surface area contributed by atoms with E-state index in [9.17, 15) is 19.2 Å². The van der Waals surface area contributed by atoms with Gasteiger partial charge in [-0.2, -0.15) is 0 Å². The fourth-order valence-corrected chi connectivity index (χ4v) is 3.39. The van der Waals surface area contributed by atoms with Crippen LogP contribution in [0.3, 0.4) is 0 Å². The number of likely N-dealkylation sites (tertiary alicyclic amines) is 1. The maximum absolute atomic E-state index is 13.0. The summed E-state index contributed by atoms with van der Waals surface area (Å²) in [6, 6.07) is 0.877. The summed E-state index contributed by atoms with van der Waals surface area (Å²) in [6.07, 6.45) is 2.28. The van der Waals surface area contributed by atoms with Gasteiger partial charge in [0.05, 0.1) is 6.26 Å². The zero-order chi connectivity index (χ0) is 21.6. The van der Waals surface area contributed by atoms with Gasteiger partial charge in [0.1, 0.15) is 18.7 Å². The Balaban J connectivity index is 2.20. The summed E-state index contributed by atoms with van der Waals surface area (Å²) in [5.41, 5.74) is 5.41. The van der Waals surface area contributed by atoms with Gasteiger partial charge in [0.25, 0.3) is 5.91 Å². The summed E-state index contributed by atoms with van der Waals surface area (Å²) in [6.45, 7) is 3.33. The molecule has 0 bridgehead atoms. The number of primary amides is 1. The lowest BCUT2D eigenvalue weighted by molar-refractivity contribution is -0.132. The van der Waals surface area contributed by atoms with Crippen LogP contribution in [0.2, 0.25) is 0 Å². The predicted octanol–water partition coefficient (Wildman–Crippen LogP) is -0.622. The number of aliphatic hydroxyl groups is 1. The first kappa shape index (κ1) is 22.4. The second-order valence-corrected chi connectivity index (χ2v) is 7.53. The Morgan fingerprint density at radius 2 is 2.07 bits per heavy atom. The zero-order valence-electron chi connectivity index (χ0n) is 16.6. The van der Waals surface area contributed by atoms with Crippen LogP contribution >= 0.6 is 0 Å². The molecule has 1 fully saturated rings. The lowest BCUT2D eigenvalue weighted by Gasteiger charge is -2.38. The second kappa shape index (κ2) is 10.1. The van der Waals surface area contributed by atoms with Gasteiger partial charge in [-0.1, -0.05) is 13.8 Å². The highest BCUT2D eigenvalue weighted by Crippen LogP contribution is 2.21. The topological polar surface area (TPSA) is 155 Å². The SMILES string of the molecule is CC(C)C[C@@H](NC(=O)[C@@H]1C[C@@H](NC(=O)CO)CCN1C(=O)c1ccco1)C(N)=O. The van der Waals surface area contributed by atoms with Crippen LogP contribution < -0.4 is 16.4 Å². The lowest BCUT2D eigenvalue weighted by atomic mass is 9.95. The molecule has 0 aliphatic carbocycles. The third-order valence-electron chi connectivity index (χ3n) is 4.77. The molecule has 0 spiro atoms. The monoisotopic (exact) mass is 408 g/mol. The number of nitrogens with one attached hydrogen (secondary N) is 2.